The number of hydrogen-bond donors (Lipinski definition) is 1. The van der Waals surface area contributed by atoms with Crippen molar-refractivity contribution in [3.05, 3.63) is 54.0 Å². The molecule has 2 aromatic heterocycles. The number of methoxy groups -OCH3 is 1. The fraction of sp³-hybridized carbons (Fsp3) is 0.263. The highest BCUT2D eigenvalue weighted by atomic mass is 16.5. The summed E-state index contributed by atoms with van der Waals surface area (Å²) >= 11 is 0. The second-order valence-corrected chi connectivity index (χ2v) is 5.93. The molecule has 1 aromatic carbocycles. The molecular formula is C19H21N3O3. The standard InChI is InChI=1S/C19H21N3O3/c1-12(2)25-15-9-6-5-8-14(15)21-19(23)17-13(3)20-18-16(24-4)10-7-11-22(17)18/h5-12H,1-4H3,(H,21,23). The molecule has 0 atom stereocenters. The Morgan fingerprint density at radius 2 is 1.88 bits per heavy atom. The molecule has 6 nitrogen and oxygen atoms in total. The van der Waals surface area contributed by atoms with E-state index in [1.54, 1.807) is 24.6 Å². The van der Waals surface area contributed by atoms with Gasteiger partial charge in [-0.1, -0.05) is 12.1 Å². The fourth-order valence-electron chi connectivity index (χ4n) is 2.70. The maximum Gasteiger partial charge on any atom is 0.274 e. The van der Waals surface area contributed by atoms with Crippen LogP contribution < -0.4 is 14.8 Å². The normalized spacial score (nSPS) is 10.9. The number of amides is 1. The third-order valence-corrected chi connectivity index (χ3v) is 3.72. The van der Waals surface area contributed by atoms with Gasteiger partial charge in [-0.15, -0.1) is 0 Å². The number of aryl methyl sites for hydroxylation is 1. The van der Waals surface area contributed by atoms with Gasteiger partial charge >= 0.3 is 0 Å². The van der Waals surface area contributed by atoms with Gasteiger partial charge in [0.15, 0.2) is 11.4 Å². The molecule has 25 heavy (non-hydrogen) atoms. The van der Waals surface area contributed by atoms with Crippen molar-refractivity contribution < 1.29 is 14.3 Å². The molecular weight excluding hydrogens is 318 g/mol. The molecule has 0 aliphatic rings. The van der Waals surface area contributed by atoms with Crippen molar-refractivity contribution in [2.24, 2.45) is 0 Å². The summed E-state index contributed by atoms with van der Waals surface area (Å²) in [5.74, 6) is 1.00. The minimum absolute atomic E-state index is 0.0137. The summed E-state index contributed by atoms with van der Waals surface area (Å²) in [4.78, 5) is 17.3. The van der Waals surface area contributed by atoms with Gasteiger partial charge in [-0.25, -0.2) is 4.98 Å². The number of nitrogens with one attached hydrogen (secondary N) is 1. The Labute approximate surface area is 146 Å². The summed E-state index contributed by atoms with van der Waals surface area (Å²) in [6.07, 6.45) is 1.81. The zero-order chi connectivity index (χ0) is 18.0. The molecule has 0 aliphatic heterocycles. The number of hydrogen-bond acceptors (Lipinski definition) is 4. The number of imidazole rings is 1. The minimum atomic E-state index is -0.252. The van der Waals surface area contributed by atoms with E-state index in [4.69, 9.17) is 9.47 Å². The monoisotopic (exact) mass is 339 g/mol. The van der Waals surface area contributed by atoms with Gasteiger partial charge in [0.2, 0.25) is 0 Å². The Balaban J connectivity index is 1.98. The van der Waals surface area contributed by atoms with Crippen molar-refractivity contribution in [3.8, 4) is 11.5 Å². The van der Waals surface area contributed by atoms with E-state index < -0.39 is 0 Å². The van der Waals surface area contributed by atoms with Crippen LogP contribution in [0.4, 0.5) is 5.69 Å². The first-order chi connectivity index (χ1) is 12.0. The fourth-order valence-corrected chi connectivity index (χ4v) is 2.70. The highest BCUT2D eigenvalue weighted by Crippen LogP contribution is 2.27. The predicted molar refractivity (Wildman–Crippen MR) is 96.6 cm³/mol. The first kappa shape index (κ1) is 16.8. The van der Waals surface area contributed by atoms with E-state index in [9.17, 15) is 4.79 Å². The highest BCUT2D eigenvalue weighted by Gasteiger charge is 2.20. The maximum atomic E-state index is 12.9. The summed E-state index contributed by atoms with van der Waals surface area (Å²) in [6, 6.07) is 11.0. The van der Waals surface area contributed by atoms with E-state index in [1.165, 1.54) is 0 Å². The van der Waals surface area contributed by atoms with E-state index in [0.29, 0.717) is 34.2 Å². The lowest BCUT2D eigenvalue weighted by molar-refractivity contribution is 0.102. The van der Waals surface area contributed by atoms with Crippen molar-refractivity contribution >= 4 is 17.2 Å². The number of carbonyl (C=O) groups excluding carboxylic acids is 1. The van der Waals surface area contributed by atoms with Gasteiger partial charge in [-0.3, -0.25) is 9.20 Å². The lowest BCUT2D eigenvalue weighted by Crippen LogP contribution is -2.17. The second-order valence-electron chi connectivity index (χ2n) is 5.93. The predicted octanol–water partition coefficient (Wildman–Crippen LogP) is 3.69. The Morgan fingerprint density at radius 1 is 1.16 bits per heavy atom. The lowest BCUT2D eigenvalue weighted by atomic mass is 10.2. The molecule has 0 fully saturated rings. The number of para-hydroxylation sites is 2. The molecule has 3 rings (SSSR count). The number of nitrogens with zero attached hydrogens (tertiary/aromatic N) is 2. The molecule has 0 saturated heterocycles. The van der Waals surface area contributed by atoms with Crippen molar-refractivity contribution in [2.45, 2.75) is 26.9 Å². The largest absolute Gasteiger partial charge is 0.493 e. The van der Waals surface area contributed by atoms with Crippen LogP contribution in [0.3, 0.4) is 0 Å². The molecule has 1 N–H and O–H groups in total. The summed E-state index contributed by atoms with van der Waals surface area (Å²) in [6.45, 7) is 5.69. The van der Waals surface area contributed by atoms with Crippen molar-refractivity contribution in [1.29, 1.82) is 0 Å². The number of aromatic nitrogens is 2. The molecule has 6 heteroatoms. The van der Waals surface area contributed by atoms with E-state index in [-0.39, 0.29) is 12.0 Å². The molecule has 0 aliphatic carbocycles. The first-order valence-corrected chi connectivity index (χ1v) is 8.10. The highest BCUT2D eigenvalue weighted by molar-refractivity contribution is 6.05. The lowest BCUT2D eigenvalue weighted by Gasteiger charge is -2.15. The summed E-state index contributed by atoms with van der Waals surface area (Å²) in [5, 5.41) is 2.92. The molecule has 0 unspecified atom stereocenters. The molecule has 0 radical (unpaired) electrons. The number of fused-ring (bicyclic) bond motifs is 1. The van der Waals surface area contributed by atoms with Crippen LogP contribution in [-0.2, 0) is 0 Å². The average Bonchev–Trinajstić information content (AvgIpc) is 2.92. The Kier molecular flexibility index (Phi) is 4.61. The van der Waals surface area contributed by atoms with Crippen LogP contribution in [0.2, 0.25) is 0 Å². The van der Waals surface area contributed by atoms with Crippen LogP contribution in [-0.4, -0.2) is 28.5 Å². The van der Waals surface area contributed by atoms with Crippen LogP contribution in [0.15, 0.2) is 42.6 Å². The quantitative estimate of drug-likeness (QED) is 0.770. The minimum Gasteiger partial charge on any atom is -0.493 e. The zero-order valence-corrected chi connectivity index (χ0v) is 14.7. The van der Waals surface area contributed by atoms with Crippen LogP contribution in [0, 0.1) is 6.92 Å². The van der Waals surface area contributed by atoms with Crippen LogP contribution >= 0.6 is 0 Å². The Morgan fingerprint density at radius 3 is 2.60 bits per heavy atom. The van der Waals surface area contributed by atoms with Crippen LogP contribution in [0.1, 0.15) is 30.0 Å². The van der Waals surface area contributed by atoms with Crippen molar-refractivity contribution in [1.82, 2.24) is 9.38 Å². The molecule has 1 amide bonds. The van der Waals surface area contributed by atoms with Crippen molar-refractivity contribution in [3.63, 3.8) is 0 Å². The van der Waals surface area contributed by atoms with Gasteiger partial charge < -0.3 is 14.8 Å². The molecule has 2 heterocycles. The van der Waals surface area contributed by atoms with E-state index >= 15 is 0 Å². The van der Waals surface area contributed by atoms with Crippen LogP contribution in [0.25, 0.3) is 5.65 Å². The van der Waals surface area contributed by atoms with E-state index in [2.05, 4.69) is 10.3 Å². The van der Waals surface area contributed by atoms with Crippen molar-refractivity contribution in [2.75, 3.05) is 12.4 Å². The smallest absolute Gasteiger partial charge is 0.274 e. The van der Waals surface area contributed by atoms with Gasteiger partial charge in [0.25, 0.3) is 5.91 Å². The van der Waals surface area contributed by atoms with Gasteiger partial charge in [-0.2, -0.15) is 0 Å². The van der Waals surface area contributed by atoms with E-state index in [1.807, 2.05) is 50.2 Å². The number of benzene rings is 1. The van der Waals surface area contributed by atoms with Gasteiger partial charge in [0.1, 0.15) is 11.4 Å². The number of pyridine rings is 1. The third kappa shape index (κ3) is 3.28. The van der Waals surface area contributed by atoms with Gasteiger partial charge in [-0.05, 0) is 45.0 Å². The molecule has 0 saturated carbocycles. The third-order valence-electron chi connectivity index (χ3n) is 3.72. The number of ether oxygens (including phenoxy) is 2. The summed E-state index contributed by atoms with van der Waals surface area (Å²) < 4.78 is 12.8. The topological polar surface area (TPSA) is 64.9 Å². The second kappa shape index (κ2) is 6.84. The maximum absolute atomic E-state index is 12.9. The zero-order valence-electron chi connectivity index (χ0n) is 14.7. The molecule has 0 spiro atoms. The SMILES string of the molecule is COc1cccn2c(C(=O)Nc3ccccc3OC(C)C)c(C)nc12. The Hall–Kier alpha value is -3.02. The summed E-state index contributed by atoms with van der Waals surface area (Å²) in [5.41, 5.74) is 2.33. The molecule has 0 bridgehead atoms. The van der Waals surface area contributed by atoms with Gasteiger partial charge in [0.05, 0.1) is 24.6 Å². The number of anilines is 1. The first-order valence-electron chi connectivity index (χ1n) is 8.10. The van der Waals surface area contributed by atoms with Crippen LogP contribution in [0.5, 0.6) is 11.5 Å². The summed E-state index contributed by atoms with van der Waals surface area (Å²) in [7, 11) is 1.58. The molecule has 130 valence electrons. The van der Waals surface area contributed by atoms with Gasteiger partial charge in [0, 0.05) is 6.20 Å². The van der Waals surface area contributed by atoms with E-state index in [0.717, 1.165) is 0 Å². The Bertz CT molecular complexity index is 915. The number of carbonyl (C=O) groups is 1. The average molecular weight is 339 g/mol. The number of rotatable bonds is 5. The molecule has 3 aromatic rings.